The van der Waals surface area contributed by atoms with E-state index in [2.05, 4.69) is 0 Å². The van der Waals surface area contributed by atoms with Gasteiger partial charge in [-0.05, 0) is 87.8 Å². The molecule has 2 aromatic carbocycles. The highest BCUT2D eigenvalue weighted by Gasteiger charge is 2.57. The molecule has 9 nitrogen and oxygen atoms in total. The van der Waals surface area contributed by atoms with Gasteiger partial charge in [-0.15, -0.1) is 0 Å². The molecule has 0 saturated carbocycles. The lowest BCUT2D eigenvalue weighted by Crippen LogP contribution is -2.53. The quantitative estimate of drug-likeness (QED) is 0.389. The monoisotopic (exact) mass is 710 g/mol. The van der Waals surface area contributed by atoms with Crippen molar-refractivity contribution in [3.05, 3.63) is 59.2 Å². The minimum atomic E-state index is -4.56. The largest absolute Gasteiger partial charge is 0.497 e. The Kier molecular flexibility index (Phi) is 10.3. The highest BCUT2D eigenvalue weighted by molar-refractivity contribution is 7.89. The van der Waals surface area contributed by atoms with E-state index in [9.17, 15) is 31.2 Å². The lowest BCUT2D eigenvalue weighted by molar-refractivity contribution is -0.145. The molecule has 5 rings (SSSR count). The Hall–Kier alpha value is -3.39. The van der Waals surface area contributed by atoms with Gasteiger partial charge in [-0.3, -0.25) is 19.2 Å². The molecule has 270 valence electrons. The van der Waals surface area contributed by atoms with Crippen molar-refractivity contribution in [3.63, 3.8) is 0 Å². The van der Waals surface area contributed by atoms with Crippen molar-refractivity contribution in [2.24, 2.45) is 5.92 Å². The maximum absolute atomic E-state index is 17.2. The number of anilines is 1. The minimum Gasteiger partial charge on any atom is -0.497 e. The molecule has 3 fully saturated rings. The number of rotatable bonds is 7. The number of nitrogens with zero attached hydrogens (tertiary/aromatic N) is 3. The van der Waals surface area contributed by atoms with Crippen molar-refractivity contribution in [1.82, 2.24) is 14.5 Å². The Morgan fingerprint density at radius 1 is 0.939 bits per heavy atom. The Morgan fingerprint density at radius 3 is 2.08 bits per heavy atom. The van der Waals surface area contributed by atoms with Crippen LogP contribution in [0.25, 0.3) is 0 Å². The molecule has 0 aromatic heterocycles. The summed E-state index contributed by atoms with van der Waals surface area (Å²) in [5.74, 6) is -1.98. The van der Waals surface area contributed by atoms with E-state index in [1.165, 1.54) is 6.07 Å². The number of carbonyl (C=O) groups is 2. The van der Waals surface area contributed by atoms with Gasteiger partial charge in [0.25, 0.3) is 5.91 Å². The van der Waals surface area contributed by atoms with Crippen molar-refractivity contribution in [1.29, 1.82) is 0 Å². The average molecular weight is 711 g/mol. The van der Waals surface area contributed by atoms with Crippen LogP contribution in [0.4, 0.5) is 23.2 Å². The summed E-state index contributed by atoms with van der Waals surface area (Å²) in [6, 6.07) is 10.8. The number of halogens is 4. The maximum atomic E-state index is 17.2. The first-order valence-electron chi connectivity index (χ1n) is 16.6. The standard InChI is InChI=1S/C35H46F4N4O5S/c1-33(2,3)43-21-29(24-6-9-27(48-4)10-7-24)34(36,22-43)32(45)42-18-12-23(13-19-42)28-11-8-26(35(37,38)39)20-30(28)41-16-14-25(15-17-41)31(44)40-49(5,46)47/h6-11,20,23,25,29H,12-19,21-22H2,1-5H3,(H,40,44)/t29-,34-/m0/s1. The number of hydrogen-bond donors (Lipinski definition) is 1. The summed E-state index contributed by atoms with van der Waals surface area (Å²) < 4.78 is 89.1. The van der Waals surface area contributed by atoms with Crippen molar-refractivity contribution >= 4 is 27.5 Å². The Morgan fingerprint density at radius 2 is 1.55 bits per heavy atom. The normalized spacial score (nSPS) is 23.5. The number of amides is 2. The average Bonchev–Trinajstić information content (AvgIpc) is 3.42. The summed E-state index contributed by atoms with van der Waals surface area (Å²) in [5, 5.41) is 0. The van der Waals surface area contributed by atoms with Gasteiger partial charge >= 0.3 is 6.18 Å². The molecule has 0 aliphatic carbocycles. The molecule has 2 amide bonds. The van der Waals surface area contributed by atoms with Crippen LogP contribution >= 0.6 is 0 Å². The van der Waals surface area contributed by atoms with Crippen LogP contribution < -0.4 is 14.4 Å². The molecule has 1 N–H and O–H groups in total. The number of carbonyl (C=O) groups excluding carboxylic acids is 2. The van der Waals surface area contributed by atoms with Gasteiger partial charge in [0.1, 0.15) is 5.75 Å². The van der Waals surface area contributed by atoms with E-state index in [-0.39, 0.29) is 57.0 Å². The highest BCUT2D eigenvalue weighted by atomic mass is 32.2. The van der Waals surface area contributed by atoms with Gasteiger partial charge in [-0.2, -0.15) is 13.2 Å². The zero-order valence-electron chi connectivity index (χ0n) is 28.6. The van der Waals surface area contributed by atoms with E-state index < -0.39 is 51.1 Å². The third kappa shape index (κ3) is 8.16. The molecular formula is C35H46F4N4O5S. The van der Waals surface area contributed by atoms with Gasteiger partial charge < -0.3 is 14.5 Å². The minimum absolute atomic E-state index is 0.0484. The molecule has 2 atom stereocenters. The number of sulfonamides is 1. The van der Waals surface area contributed by atoms with Crippen LogP contribution in [0.1, 0.15) is 75.0 Å². The van der Waals surface area contributed by atoms with Gasteiger partial charge in [-0.25, -0.2) is 12.8 Å². The molecule has 3 aliphatic rings. The first kappa shape index (κ1) is 36.9. The summed E-state index contributed by atoms with van der Waals surface area (Å²) in [6.07, 6.45) is -2.20. The van der Waals surface area contributed by atoms with E-state index in [4.69, 9.17) is 4.74 Å². The van der Waals surface area contributed by atoms with Crippen LogP contribution in [0.3, 0.4) is 0 Å². The van der Waals surface area contributed by atoms with Crippen LogP contribution in [0.5, 0.6) is 5.75 Å². The van der Waals surface area contributed by atoms with Gasteiger partial charge in [0.15, 0.2) is 0 Å². The topological polar surface area (TPSA) is 99.3 Å². The third-order valence-electron chi connectivity index (χ3n) is 10.3. The van der Waals surface area contributed by atoms with Gasteiger partial charge in [-0.1, -0.05) is 18.2 Å². The number of benzene rings is 2. The number of likely N-dealkylation sites (tertiary alicyclic amines) is 2. The van der Waals surface area contributed by atoms with Crippen molar-refractivity contribution in [2.45, 2.75) is 75.7 Å². The van der Waals surface area contributed by atoms with E-state index in [1.54, 1.807) is 36.3 Å². The zero-order valence-corrected chi connectivity index (χ0v) is 29.5. The van der Waals surface area contributed by atoms with Gasteiger partial charge in [0, 0.05) is 62.3 Å². The summed E-state index contributed by atoms with van der Waals surface area (Å²) in [6.45, 7) is 7.37. The summed E-state index contributed by atoms with van der Waals surface area (Å²) in [4.78, 5) is 31.9. The second-order valence-corrected chi connectivity index (χ2v) is 16.3. The van der Waals surface area contributed by atoms with Crippen LogP contribution in [-0.2, 0) is 25.8 Å². The molecule has 14 heteroatoms. The van der Waals surface area contributed by atoms with E-state index >= 15 is 4.39 Å². The van der Waals surface area contributed by atoms with Crippen LogP contribution in [0.15, 0.2) is 42.5 Å². The summed E-state index contributed by atoms with van der Waals surface area (Å²) in [7, 11) is -2.17. The number of ether oxygens (including phenoxy) is 1. The highest BCUT2D eigenvalue weighted by Crippen LogP contribution is 2.45. The summed E-state index contributed by atoms with van der Waals surface area (Å²) >= 11 is 0. The third-order valence-corrected chi connectivity index (χ3v) is 10.8. The van der Waals surface area contributed by atoms with E-state index in [0.717, 1.165) is 18.4 Å². The molecule has 0 bridgehead atoms. The van der Waals surface area contributed by atoms with Crippen LogP contribution in [-0.4, -0.2) is 93.9 Å². The van der Waals surface area contributed by atoms with Crippen LogP contribution in [0, 0.1) is 5.92 Å². The predicted molar refractivity (Wildman–Crippen MR) is 179 cm³/mol. The second kappa shape index (κ2) is 13.7. The second-order valence-electron chi connectivity index (χ2n) is 14.6. The number of hydrogen-bond acceptors (Lipinski definition) is 7. The fraction of sp³-hybridized carbons (Fsp3) is 0.600. The molecule has 2 aromatic rings. The fourth-order valence-corrected chi connectivity index (χ4v) is 7.93. The number of methoxy groups -OCH3 is 1. The SMILES string of the molecule is COc1ccc([C@@H]2CN(C(C)(C)C)C[C@@]2(F)C(=O)N2CCC(c3ccc(C(F)(F)F)cc3N3CCC(C(=O)NS(C)(=O)=O)CC3)CC2)cc1. The molecule has 3 saturated heterocycles. The lowest BCUT2D eigenvalue weighted by Gasteiger charge is -2.39. The summed E-state index contributed by atoms with van der Waals surface area (Å²) in [5.41, 5.74) is -1.47. The predicted octanol–water partition coefficient (Wildman–Crippen LogP) is 5.32. The maximum Gasteiger partial charge on any atom is 0.416 e. The number of nitrogens with one attached hydrogen (secondary N) is 1. The molecule has 49 heavy (non-hydrogen) atoms. The van der Waals surface area contributed by atoms with Crippen molar-refractivity contribution in [2.75, 3.05) is 57.5 Å². The molecule has 3 aliphatic heterocycles. The molecule has 0 radical (unpaired) electrons. The van der Waals surface area contributed by atoms with Crippen molar-refractivity contribution < 1.29 is 40.3 Å². The molecular weight excluding hydrogens is 664 g/mol. The lowest BCUT2D eigenvalue weighted by atomic mass is 9.83. The Labute approximate surface area is 286 Å². The smallest absolute Gasteiger partial charge is 0.416 e. The first-order chi connectivity index (χ1) is 22.8. The molecule has 0 spiro atoms. The first-order valence-corrected chi connectivity index (χ1v) is 18.5. The Bertz CT molecular complexity index is 1630. The fourth-order valence-electron chi connectivity index (χ4n) is 7.40. The van der Waals surface area contributed by atoms with Crippen molar-refractivity contribution in [3.8, 4) is 5.75 Å². The van der Waals surface area contributed by atoms with Gasteiger partial charge in [0.2, 0.25) is 21.6 Å². The number of alkyl halides is 4. The van der Waals surface area contributed by atoms with Gasteiger partial charge in [0.05, 0.1) is 18.9 Å². The molecule has 3 heterocycles. The molecule has 0 unspecified atom stereocenters. The van der Waals surface area contributed by atoms with E-state index in [0.29, 0.717) is 42.0 Å². The zero-order chi connectivity index (χ0) is 35.9. The number of piperidine rings is 2. The van der Waals surface area contributed by atoms with Crippen LogP contribution in [0.2, 0.25) is 0 Å². The Balaban J connectivity index is 1.33. The van der Waals surface area contributed by atoms with E-state index in [1.807, 2.05) is 35.3 Å².